The zero-order valence-corrected chi connectivity index (χ0v) is 10.3. The number of Topliss-reactive ketones (excluding diaryl/α,β-unsaturated/α-hetero) is 1. The van der Waals surface area contributed by atoms with Gasteiger partial charge in [0.25, 0.3) is 0 Å². The molecule has 0 aliphatic heterocycles. The molecule has 1 unspecified atom stereocenters. The first-order chi connectivity index (χ1) is 7.60. The molecule has 1 heterocycles. The Bertz CT molecular complexity index is 347. The Morgan fingerprint density at radius 2 is 2.25 bits per heavy atom. The minimum atomic E-state index is -0.359. The Balaban J connectivity index is 2.70. The van der Waals surface area contributed by atoms with Crippen molar-refractivity contribution < 1.29 is 9.53 Å². The van der Waals surface area contributed by atoms with Crippen molar-refractivity contribution in [3.63, 3.8) is 0 Å². The van der Waals surface area contributed by atoms with E-state index in [4.69, 9.17) is 4.74 Å². The Hall–Kier alpha value is -1.23. The van der Waals surface area contributed by atoms with E-state index in [1.807, 2.05) is 20.8 Å². The van der Waals surface area contributed by atoms with Crippen molar-refractivity contribution in [3.8, 4) is 0 Å². The number of ketones is 1. The molecule has 5 nitrogen and oxygen atoms in total. The van der Waals surface area contributed by atoms with E-state index in [0.29, 0.717) is 5.82 Å². The van der Waals surface area contributed by atoms with Crippen molar-refractivity contribution in [1.82, 2.24) is 14.8 Å². The van der Waals surface area contributed by atoms with Gasteiger partial charge in [0.1, 0.15) is 18.3 Å². The first kappa shape index (κ1) is 12.8. The lowest BCUT2D eigenvalue weighted by atomic mass is 10.0. The molecule has 0 aliphatic carbocycles. The minimum absolute atomic E-state index is 0.0557. The number of aryl methyl sites for hydroxylation is 1. The topological polar surface area (TPSA) is 57.0 Å². The van der Waals surface area contributed by atoms with E-state index in [1.165, 1.54) is 6.33 Å². The lowest BCUT2D eigenvalue weighted by Crippen LogP contribution is -2.30. The summed E-state index contributed by atoms with van der Waals surface area (Å²) < 4.78 is 6.92. The van der Waals surface area contributed by atoms with Crippen LogP contribution in [0.15, 0.2) is 6.33 Å². The molecule has 5 heteroatoms. The molecular weight excluding hydrogens is 206 g/mol. The monoisotopic (exact) mass is 225 g/mol. The number of hydrogen-bond donors (Lipinski definition) is 0. The summed E-state index contributed by atoms with van der Waals surface area (Å²) in [5, 5.41) is 4.03. The van der Waals surface area contributed by atoms with Gasteiger partial charge in [0, 0.05) is 13.7 Å². The number of carbonyl (C=O) groups excluding carboxylic acids is 1. The fraction of sp³-hybridized carbons (Fsp3) is 0.727. The van der Waals surface area contributed by atoms with Crippen LogP contribution in [-0.2, 0) is 22.5 Å². The third kappa shape index (κ3) is 2.88. The molecule has 0 saturated carbocycles. The second-order valence-electron chi connectivity index (χ2n) is 4.04. The lowest BCUT2D eigenvalue weighted by Gasteiger charge is -2.17. The molecule has 1 aromatic heterocycles. The molecule has 0 spiro atoms. The Labute approximate surface area is 95.8 Å². The molecule has 1 atom stereocenters. The van der Waals surface area contributed by atoms with E-state index in [2.05, 4.69) is 10.1 Å². The van der Waals surface area contributed by atoms with Gasteiger partial charge in [-0.2, -0.15) is 5.10 Å². The standard InChI is InChI=1S/C11H19N3O2/c1-5-14-10(12-7-13-14)6-9(15)11(16-4)8(2)3/h7-8,11H,5-6H2,1-4H3. The van der Waals surface area contributed by atoms with Crippen molar-refractivity contribution in [2.24, 2.45) is 5.92 Å². The third-order valence-corrected chi connectivity index (χ3v) is 2.50. The number of ether oxygens (including phenoxy) is 1. The second kappa shape index (κ2) is 5.75. The van der Waals surface area contributed by atoms with Gasteiger partial charge in [0.2, 0.25) is 0 Å². The van der Waals surface area contributed by atoms with Gasteiger partial charge in [0.05, 0.1) is 6.42 Å². The van der Waals surface area contributed by atoms with Gasteiger partial charge in [-0.1, -0.05) is 13.8 Å². The first-order valence-electron chi connectivity index (χ1n) is 5.52. The van der Waals surface area contributed by atoms with E-state index in [9.17, 15) is 4.79 Å². The summed E-state index contributed by atoms with van der Waals surface area (Å²) in [5.74, 6) is 0.936. The average molecular weight is 225 g/mol. The predicted octanol–water partition coefficient (Wildman–Crippen LogP) is 1.08. The van der Waals surface area contributed by atoms with Gasteiger partial charge in [-0.25, -0.2) is 9.67 Å². The van der Waals surface area contributed by atoms with Crippen molar-refractivity contribution in [1.29, 1.82) is 0 Å². The smallest absolute Gasteiger partial charge is 0.169 e. The molecule has 16 heavy (non-hydrogen) atoms. The molecule has 90 valence electrons. The summed E-state index contributed by atoms with van der Waals surface area (Å²) in [6.07, 6.45) is 1.40. The largest absolute Gasteiger partial charge is 0.373 e. The third-order valence-electron chi connectivity index (χ3n) is 2.50. The zero-order valence-electron chi connectivity index (χ0n) is 10.3. The number of hydrogen-bond acceptors (Lipinski definition) is 4. The first-order valence-corrected chi connectivity index (χ1v) is 5.52. The highest BCUT2D eigenvalue weighted by Gasteiger charge is 2.23. The van der Waals surface area contributed by atoms with E-state index in [-0.39, 0.29) is 24.2 Å². The quantitative estimate of drug-likeness (QED) is 0.727. The Kier molecular flexibility index (Phi) is 4.61. The summed E-state index contributed by atoms with van der Waals surface area (Å²) in [5.41, 5.74) is 0. The normalized spacial score (nSPS) is 13.1. The van der Waals surface area contributed by atoms with Crippen LogP contribution in [-0.4, -0.2) is 33.8 Å². The van der Waals surface area contributed by atoms with Crippen LogP contribution in [0.3, 0.4) is 0 Å². The average Bonchev–Trinajstić information content (AvgIpc) is 2.65. The number of aromatic nitrogens is 3. The van der Waals surface area contributed by atoms with Crippen LogP contribution in [0.2, 0.25) is 0 Å². The zero-order chi connectivity index (χ0) is 12.1. The Morgan fingerprint density at radius 1 is 1.56 bits per heavy atom. The van der Waals surface area contributed by atoms with Crippen LogP contribution >= 0.6 is 0 Å². The van der Waals surface area contributed by atoms with E-state index in [1.54, 1.807) is 11.8 Å². The molecule has 0 N–H and O–H groups in total. The summed E-state index contributed by atoms with van der Waals surface area (Å²) in [6, 6.07) is 0. The summed E-state index contributed by atoms with van der Waals surface area (Å²) in [7, 11) is 1.56. The molecule has 0 aliphatic rings. The molecular formula is C11H19N3O2. The predicted molar refractivity (Wildman–Crippen MR) is 60.0 cm³/mol. The number of carbonyl (C=O) groups is 1. The van der Waals surface area contributed by atoms with Gasteiger partial charge in [0.15, 0.2) is 5.78 Å². The number of nitrogens with zero attached hydrogens (tertiary/aromatic N) is 3. The fourth-order valence-corrected chi connectivity index (χ4v) is 1.72. The van der Waals surface area contributed by atoms with Gasteiger partial charge in [-0.15, -0.1) is 0 Å². The fourth-order valence-electron chi connectivity index (χ4n) is 1.72. The molecule has 0 fully saturated rings. The van der Waals surface area contributed by atoms with Gasteiger partial charge in [-0.3, -0.25) is 4.79 Å². The molecule has 1 rings (SSSR count). The molecule has 0 bridgehead atoms. The second-order valence-corrected chi connectivity index (χ2v) is 4.04. The Morgan fingerprint density at radius 3 is 2.75 bits per heavy atom. The summed E-state index contributed by atoms with van der Waals surface area (Å²) in [4.78, 5) is 16.0. The van der Waals surface area contributed by atoms with Crippen LogP contribution in [0.25, 0.3) is 0 Å². The highest BCUT2D eigenvalue weighted by atomic mass is 16.5. The van der Waals surface area contributed by atoms with Crippen molar-refractivity contribution in [2.75, 3.05) is 7.11 Å². The van der Waals surface area contributed by atoms with Gasteiger partial charge in [-0.05, 0) is 12.8 Å². The van der Waals surface area contributed by atoms with Crippen LogP contribution in [0.4, 0.5) is 0 Å². The number of rotatable bonds is 6. The maximum absolute atomic E-state index is 11.9. The maximum Gasteiger partial charge on any atom is 0.169 e. The summed E-state index contributed by atoms with van der Waals surface area (Å²) >= 11 is 0. The van der Waals surface area contributed by atoms with Crippen LogP contribution < -0.4 is 0 Å². The van der Waals surface area contributed by atoms with E-state index in [0.717, 1.165) is 6.54 Å². The van der Waals surface area contributed by atoms with Crippen LogP contribution in [0.1, 0.15) is 26.6 Å². The van der Waals surface area contributed by atoms with Crippen molar-refractivity contribution in [3.05, 3.63) is 12.2 Å². The minimum Gasteiger partial charge on any atom is -0.373 e. The highest BCUT2D eigenvalue weighted by Crippen LogP contribution is 2.09. The molecule has 0 saturated heterocycles. The lowest BCUT2D eigenvalue weighted by molar-refractivity contribution is -0.130. The summed E-state index contributed by atoms with van der Waals surface area (Å²) in [6.45, 7) is 6.63. The van der Waals surface area contributed by atoms with Crippen LogP contribution in [0, 0.1) is 5.92 Å². The molecule has 0 aromatic carbocycles. The van der Waals surface area contributed by atoms with Gasteiger partial charge < -0.3 is 4.74 Å². The van der Waals surface area contributed by atoms with Crippen LogP contribution in [0.5, 0.6) is 0 Å². The molecule has 1 aromatic rings. The number of methoxy groups -OCH3 is 1. The van der Waals surface area contributed by atoms with E-state index < -0.39 is 0 Å². The molecule has 0 amide bonds. The van der Waals surface area contributed by atoms with Crippen molar-refractivity contribution >= 4 is 5.78 Å². The highest BCUT2D eigenvalue weighted by molar-refractivity contribution is 5.84. The van der Waals surface area contributed by atoms with Crippen molar-refractivity contribution in [2.45, 2.75) is 39.8 Å². The molecule has 0 radical (unpaired) electrons. The maximum atomic E-state index is 11.9. The van der Waals surface area contributed by atoms with E-state index >= 15 is 0 Å². The van der Waals surface area contributed by atoms with Gasteiger partial charge >= 0.3 is 0 Å². The SMILES string of the molecule is CCn1ncnc1CC(=O)C(OC)C(C)C.